The van der Waals surface area contributed by atoms with Crippen molar-refractivity contribution in [1.82, 2.24) is 19.7 Å². The van der Waals surface area contributed by atoms with E-state index in [1.165, 1.54) is 4.68 Å². The maximum absolute atomic E-state index is 12.3. The predicted octanol–water partition coefficient (Wildman–Crippen LogP) is 1.32. The molecule has 2 heterocycles. The molecule has 0 aliphatic carbocycles. The quantitative estimate of drug-likeness (QED) is 0.891. The molecule has 1 atom stereocenters. The summed E-state index contributed by atoms with van der Waals surface area (Å²) in [5, 5.41) is 16.2. The Morgan fingerprint density at radius 2 is 1.95 bits per heavy atom. The summed E-state index contributed by atoms with van der Waals surface area (Å²) in [4.78, 5) is 8.27. The summed E-state index contributed by atoms with van der Waals surface area (Å²) in [6.07, 6.45) is -7.12. The fourth-order valence-electron chi connectivity index (χ4n) is 1.88. The highest BCUT2D eigenvalue weighted by atomic mass is 19.4. The highest BCUT2D eigenvalue weighted by Crippen LogP contribution is 2.25. The standard InChI is InChI=1S/C11H14F3N5O/c1-5-8-9(15-4-7(20)11(12,13)14)16-6(2)17-10(8)19(3)18-5/h7,20H,4H2,1-3H3,(H,15,16,17). The van der Waals surface area contributed by atoms with Gasteiger partial charge in [-0.05, 0) is 13.8 Å². The zero-order chi connectivity index (χ0) is 15.1. The molecule has 1 unspecified atom stereocenters. The van der Waals surface area contributed by atoms with Crippen molar-refractivity contribution in [3.05, 3.63) is 11.5 Å². The van der Waals surface area contributed by atoms with Gasteiger partial charge in [0.15, 0.2) is 11.8 Å². The Bertz CT molecular complexity index is 637. The average Bonchev–Trinajstić information content (AvgIpc) is 2.60. The molecular weight excluding hydrogens is 275 g/mol. The first-order valence-corrected chi connectivity index (χ1v) is 5.86. The van der Waals surface area contributed by atoms with E-state index in [0.717, 1.165) is 0 Å². The number of nitrogens with one attached hydrogen (secondary N) is 1. The molecule has 6 nitrogen and oxygen atoms in total. The van der Waals surface area contributed by atoms with Gasteiger partial charge in [-0.25, -0.2) is 9.97 Å². The molecule has 0 fully saturated rings. The molecule has 2 aromatic heterocycles. The molecule has 0 aliphatic heterocycles. The molecule has 0 bridgehead atoms. The number of nitrogens with zero attached hydrogens (tertiary/aromatic N) is 4. The van der Waals surface area contributed by atoms with Crippen molar-refractivity contribution in [2.75, 3.05) is 11.9 Å². The minimum absolute atomic E-state index is 0.237. The molecule has 0 aromatic carbocycles. The van der Waals surface area contributed by atoms with Gasteiger partial charge in [0.05, 0.1) is 17.6 Å². The number of aromatic nitrogens is 4. The number of aryl methyl sites for hydroxylation is 3. The second-order valence-corrected chi connectivity index (χ2v) is 4.47. The molecule has 0 amide bonds. The fourth-order valence-corrected chi connectivity index (χ4v) is 1.88. The lowest BCUT2D eigenvalue weighted by atomic mass is 10.2. The van der Waals surface area contributed by atoms with Crippen molar-refractivity contribution in [1.29, 1.82) is 0 Å². The zero-order valence-corrected chi connectivity index (χ0v) is 11.2. The lowest BCUT2D eigenvalue weighted by Crippen LogP contribution is -2.35. The number of fused-ring (bicyclic) bond motifs is 1. The van der Waals surface area contributed by atoms with E-state index in [9.17, 15) is 13.2 Å². The van der Waals surface area contributed by atoms with Crippen LogP contribution in [0.5, 0.6) is 0 Å². The van der Waals surface area contributed by atoms with Crippen LogP contribution in [0.2, 0.25) is 0 Å². The number of halogens is 3. The maximum atomic E-state index is 12.3. The number of rotatable bonds is 3. The van der Waals surface area contributed by atoms with Gasteiger partial charge in [-0.15, -0.1) is 0 Å². The van der Waals surface area contributed by atoms with Gasteiger partial charge in [0.2, 0.25) is 0 Å². The van der Waals surface area contributed by atoms with Crippen LogP contribution in [0.4, 0.5) is 19.0 Å². The molecule has 20 heavy (non-hydrogen) atoms. The zero-order valence-electron chi connectivity index (χ0n) is 11.2. The van der Waals surface area contributed by atoms with Gasteiger partial charge in [-0.3, -0.25) is 4.68 Å². The highest BCUT2D eigenvalue weighted by molar-refractivity contribution is 5.89. The summed E-state index contributed by atoms with van der Waals surface area (Å²) in [6, 6.07) is 0. The first kappa shape index (κ1) is 14.5. The van der Waals surface area contributed by atoms with E-state index in [0.29, 0.717) is 22.6 Å². The van der Waals surface area contributed by atoms with Crippen LogP contribution in [0.3, 0.4) is 0 Å². The van der Waals surface area contributed by atoms with Crippen LogP contribution in [0.1, 0.15) is 11.5 Å². The lowest BCUT2D eigenvalue weighted by molar-refractivity contribution is -0.198. The topological polar surface area (TPSA) is 75.9 Å². The van der Waals surface area contributed by atoms with Gasteiger partial charge in [-0.2, -0.15) is 18.3 Å². The fraction of sp³-hybridized carbons (Fsp3) is 0.545. The summed E-state index contributed by atoms with van der Waals surface area (Å²) in [5.74, 6) is 0.644. The van der Waals surface area contributed by atoms with E-state index in [2.05, 4.69) is 20.4 Å². The Kier molecular flexibility index (Phi) is 3.55. The number of anilines is 1. The van der Waals surface area contributed by atoms with E-state index in [1.807, 2.05) is 0 Å². The average molecular weight is 289 g/mol. The van der Waals surface area contributed by atoms with E-state index >= 15 is 0 Å². The largest absolute Gasteiger partial charge is 0.416 e. The summed E-state index contributed by atoms with van der Waals surface area (Å²) < 4.78 is 38.4. The Morgan fingerprint density at radius 1 is 1.30 bits per heavy atom. The molecule has 2 aromatic rings. The molecular formula is C11H14F3N5O. The molecule has 0 saturated carbocycles. The lowest BCUT2D eigenvalue weighted by Gasteiger charge is -2.16. The normalized spacial score (nSPS) is 13.8. The second kappa shape index (κ2) is 4.89. The SMILES string of the molecule is Cc1nc(NCC(O)C(F)(F)F)c2c(C)nn(C)c2n1. The first-order valence-electron chi connectivity index (χ1n) is 5.86. The van der Waals surface area contributed by atoms with E-state index in [-0.39, 0.29) is 5.82 Å². The van der Waals surface area contributed by atoms with Gasteiger partial charge in [-0.1, -0.05) is 0 Å². The maximum Gasteiger partial charge on any atom is 0.416 e. The molecule has 0 radical (unpaired) electrons. The van der Waals surface area contributed by atoms with Crippen molar-refractivity contribution in [3.63, 3.8) is 0 Å². The third-order valence-electron chi connectivity index (χ3n) is 2.81. The first-order chi connectivity index (χ1) is 9.20. The van der Waals surface area contributed by atoms with E-state index < -0.39 is 18.8 Å². The molecule has 110 valence electrons. The predicted molar refractivity (Wildman–Crippen MR) is 66.3 cm³/mol. The van der Waals surface area contributed by atoms with Crippen LogP contribution in [0, 0.1) is 13.8 Å². The number of hydrogen-bond donors (Lipinski definition) is 2. The molecule has 9 heteroatoms. The van der Waals surface area contributed by atoms with Crippen molar-refractivity contribution < 1.29 is 18.3 Å². The van der Waals surface area contributed by atoms with Crippen molar-refractivity contribution >= 4 is 16.9 Å². The van der Waals surface area contributed by atoms with Crippen LogP contribution in [0.25, 0.3) is 11.0 Å². The van der Waals surface area contributed by atoms with E-state index in [1.54, 1.807) is 20.9 Å². The third-order valence-corrected chi connectivity index (χ3v) is 2.81. The number of alkyl halides is 3. The van der Waals surface area contributed by atoms with Crippen LogP contribution >= 0.6 is 0 Å². The van der Waals surface area contributed by atoms with Crippen LogP contribution in [-0.2, 0) is 7.05 Å². The second-order valence-electron chi connectivity index (χ2n) is 4.47. The minimum atomic E-state index is -4.67. The highest BCUT2D eigenvalue weighted by Gasteiger charge is 2.38. The summed E-state index contributed by atoms with van der Waals surface area (Å²) in [5.41, 5.74) is 1.13. The van der Waals surface area contributed by atoms with Gasteiger partial charge in [0, 0.05) is 7.05 Å². The van der Waals surface area contributed by atoms with Crippen molar-refractivity contribution in [2.45, 2.75) is 26.1 Å². The third kappa shape index (κ3) is 2.67. The number of hydrogen-bond acceptors (Lipinski definition) is 5. The molecule has 0 aliphatic rings. The molecule has 0 spiro atoms. The minimum Gasteiger partial charge on any atom is -0.382 e. The summed E-state index contributed by atoms with van der Waals surface area (Å²) >= 11 is 0. The Hall–Kier alpha value is -1.90. The van der Waals surface area contributed by atoms with Gasteiger partial charge < -0.3 is 10.4 Å². The monoisotopic (exact) mass is 289 g/mol. The van der Waals surface area contributed by atoms with E-state index in [4.69, 9.17) is 5.11 Å². The number of aliphatic hydroxyl groups is 1. The molecule has 0 saturated heterocycles. The van der Waals surface area contributed by atoms with Gasteiger partial charge in [0.25, 0.3) is 0 Å². The van der Waals surface area contributed by atoms with Crippen LogP contribution < -0.4 is 5.32 Å². The van der Waals surface area contributed by atoms with Crippen molar-refractivity contribution in [2.24, 2.45) is 7.05 Å². The summed E-state index contributed by atoms with van der Waals surface area (Å²) in [6.45, 7) is 2.67. The summed E-state index contributed by atoms with van der Waals surface area (Å²) in [7, 11) is 1.69. The van der Waals surface area contributed by atoms with Crippen molar-refractivity contribution in [3.8, 4) is 0 Å². The van der Waals surface area contributed by atoms with Gasteiger partial charge in [0.1, 0.15) is 11.6 Å². The Labute approximate surface area is 112 Å². The van der Waals surface area contributed by atoms with Crippen LogP contribution in [-0.4, -0.2) is 43.7 Å². The molecule has 2 N–H and O–H groups in total. The number of aliphatic hydroxyl groups excluding tert-OH is 1. The van der Waals surface area contributed by atoms with Gasteiger partial charge >= 0.3 is 6.18 Å². The smallest absolute Gasteiger partial charge is 0.382 e. The van der Waals surface area contributed by atoms with Crippen LogP contribution in [0.15, 0.2) is 0 Å². The Balaban J connectivity index is 2.35. The molecule has 2 rings (SSSR count). The Morgan fingerprint density at radius 3 is 2.55 bits per heavy atom.